The summed E-state index contributed by atoms with van der Waals surface area (Å²) in [7, 11) is -2.41. The Morgan fingerprint density at radius 1 is 0.941 bits per heavy atom. The van der Waals surface area contributed by atoms with Gasteiger partial charge in [0.15, 0.2) is 0 Å². The molecule has 0 aromatic carbocycles. The van der Waals surface area contributed by atoms with E-state index in [0.29, 0.717) is 26.5 Å². The van der Waals surface area contributed by atoms with Gasteiger partial charge >= 0.3 is 8.80 Å². The van der Waals surface area contributed by atoms with Crippen molar-refractivity contribution in [2.75, 3.05) is 33.0 Å². The smallest absolute Gasteiger partial charge is 0.374 e. The molecule has 0 saturated heterocycles. The van der Waals surface area contributed by atoms with Crippen molar-refractivity contribution in [1.82, 2.24) is 5.32 Å². The third kappa shape index (κ3) is 7.85. The molecule has 0 aliphatic rings. The summed E-state index contributed by atoms with van der Waals surface area (Å²) in [6.45, 7) is 9.35. The first-order valence-corrected chi connectivity index (χ1v) is 8.50. The minimum atomic E-state index is -2.41. The van der Waals surface area contributed by atoms with Gasteiger partial charge in [0, 0.05) is 32.5 Å². The second kappa shape index (κ2) is 11.1. The fraction of sp³-hybridized carbons (Fsp3) is 1.00. The monoisotopic (exact) mass is 264 g/mol. The van der Waals surface area contributed by atoms with Crippen molar-refractivity contribution < 1.29 is 13.3 Å². The summed E-state index contributed by atoms with van der Waals surface area (Å²) in [6.07, 6.45) is 2.11. The zero-order chi connectivity index (χ0) is 13.0. The summed E-state index contributed by atoms with van der Waals surface area (Å²) in [6, 6.07) is 0.884. The Hall–Kier alpha value is 0.0169. The molecule has 0 aromatic heterocycles. The lowest BCUT2D eigenvalue weighted by atomic mass is 10.3. The van der Waals surface area contributed by atoms with Crippen molar-refractivity contribution in [1.29, 1.82) is 0 Å². The van der Waals surface area contributed by atoms with Crippen molar-refractivity contribution in [3.63, 3.8) is 0 Å². The highest BCUT2D eigenvalue weighted by Gasteiger charge is 2.39. The molecule has 0 rings (SSSR count). The fourth-order valence-electron chi connectivity index (χ4n) is 1.69. The van der Waals surface area contributed by atoms with Crippen molar-refractivity contribution in [2.45, 2.75) is 39.7 Å². The molecule has 0 amide bonds. The maximum absolute atomic E-state index is 5.77. The number of nitrogens with one attached hydrogen (secondary N) is 1. The van der Waals surface area contributed by atoms with Crippen LogP contribution in [0.15, 0.2) is 0 Å². The molecule has 0 saturated carbocycles. The van der Waals surface area contributed by atoms with Crippen LogP contribution < -0.4 is 11.1 Å². The summed E-state index contributed by atoms with van der Waals surface area (Å²) in [5, 5.41) is 3.10. The topological polar surface area (TPSA) is 65.7 Å². The first-order chi connectivity index (χ1) is 8.24. The van der Waals surface area contributed by atoms with E-state index in [1.807, 2.05) is 20.8 Å². The maximum Gasteiger partial charge on any atom is 0.500 e. The summed E-state index contributed by atoms with van der Waals surface area (Å²) in [5.74, 6) is 0. The molecule has 5 nitrogen and oxygen atoms in total. The van der Waals surface area contributed by atoms with E-state index < -0.39 is 8.80 Å². The molecular formula is C11H28N2O3Si. The fourth-order valence-corrected chi connectivity index (χ4v) is 4.38. The molecule has 104 valence electrons. The third-order valence-electron chi connectivity index (χ3n) is 2.32. The van der Waals surface area contributed by atoms with Gasteiger partial charge in [0.1, 0.15) is 0 Å². The highest BCUT2D eigenvalue weighted by Crippen LogP contribution is 2.18. The average molecular weight is 264 g/mol. The molecule has 0 bridgehead atoms. The zero-order valence-corrected chi connectivity index (χ0v) is 12.5. The minimum Gasteiger partial charge on any atom is -0.374 e. The first-order valence-electron chi connectivity index (χ1n) is 6.57. The Labute approximate surface area is 106 Å². The predicted molar refractivity (Wildman–Crippen MR) is 71.7 cm³/mol. The Morgan fingerprint density at radius 2 is 1.47 bits per heavy atom. The van der Waals surface area contributed by atoms with Gasteiger partial charge in [-0.3, -0.25) is 0 Å². The van der Waals surface area contributed by atoms with Gasteiger partial charge in [-0.25, -0.2) is 0 Å². The van der Waals surface area contributed by atoms with Gasteiger partial charge < -0.3 is 24.3 Å². The van der Waals surface area contributed by atoms with Gasteiger partial charge in [-0.05, 0) is 40.2 Å². The van der Waals surface area contributed by atoms with Crippen LogP contribution in [0.4, 0.5) is 0 Å². The van der Waals surface area contributed by atoms with Gasteiger partial charge in [-0.2, -0.15) is 0 Å². The Kier molecular flexibility index (Phi) is 11.1. The molecule has 0 aliphatic heterocycles. The lowest BCUT2D eigenvalue weighted by Gasteiger charge is -2.28. The average Bonchev–Trinajstić information content (AvgIpc) is 2.30. The largest absolute Gasteiger partial charge is 0.500 e. The van der Waals surface area contributed by atoms with Gasteiger partial charge in [-0.15, -0.1) is 0 Å². The van der Waals surface area contributed by atoms with Crippen molar-refractivity contribution >= 4 is 8.80 Å². The van der Waals surface area contributed by atoms with Gasteiger partial charge in [-0.1, -0.05) is 0 Å². The van der Waals surface area contributed by atoms with E-state index in [1.54, 1.807) is 0 Å². The quantitative estimate of drug-likeness (QED) is 0.316. The van der Waals surface area contributed by atoms with E-state index in [0.717, 1.165) is 25.4 Å². The second-order valence-corrected chi connectivity index (χ2v) is 6.38. The number of unbranched alkanes of at least 4 members (excludes halogenated alkanes) is 1. The molecule has 0 aliphatic carbocycles. The summed E-state index contributed by atoms with van der Waals surface area (Å²) in [4.78, 5) is 0. The van der Waals surface area contributed by atoms with Crippen LogP contribution in [-0.2, 0) is 13.3 Å². The van der Waals surface area contributed by atoms with Crippen molar-refractivity contribution in [2.24, 2.45) is 5.73 Å². The number of nitrogens with two attached hydrogens (primary N) is 1. The molecule has 3 N–H and O–H groups in total. The minimum absolute atomic E-state index is 0.533. The lowest BCUT2D eigenvalue weighted by molar-refractivity contribution is 0.0707. The standard InChI is InChI=1S/C11H28N2O3Si/c1-4-14-17(15-5-2,16-6-3)10-8-7-9-13-11-12/h13H,4-12H2,1-3H3. The SMILES string of the molecule is CCO[Si](CCCCNCN)(OCC)OCC. The lowest BCUT2D eigenvalue weighted by Crippen LogP contribution is -2.46. The van der Waals surface area contributed by atoms with E-state index in [2.05, 4.69) is 5.32 Å². The summed E-state index contributed by atoms with van der Waals surface area (Å²) >= 11 is 0. The number of rotatable bonds is 12. The molecule has 0 unspecified atom stereocenters. The number of hydrogen-bond donors (Lipinski definition) is 2. The van der Waals surface area contributed by atoms with Crippen molar-refractivity contribution in [3.8, 4) is 0 Å². The van der Waals surface area contributed by atoms with Crippen LogP contribution in [0.2, 0.25) is 6.04 Å². The molecule has 0 aromatic rings. The van der Waals surface area contributed by atoms with E-state index in [1.165, 1.54) is 0 Å². The van der Waals surface area contributed by atoms with E-state index in [9.17, 15) is 0 Å². The highest BCUT2D eigenvalue weighted by molar-refractivity contribution is 6.60. The third-order valence-corrected chi connectivity index (χ3v) is 5.48. The van der Waals surface area contributed by atoms with Crippen molar-refractivity contribution in [3.05, 3.63) is 0 Å². The van der Waals surface area contributed by atoms with Gasteiger partial charge in [0.05, 0.1) is 0 Å². The molecule has 0 fully saturated rings. The predicted octanol–water partition coefficient (Wildman–Crippen LogP) is 1.32. The van der Waals surface area contributed by atoms with Gasteiger partial charge in [0.25, 0.3) is 0 Å². The molecule has 0 radical (unpaired) electrons. The summed E-state index contributed by atoms with van der Waals surface area (Å²) in [5.41, 5.74) is 5.36. The van der Waals surface area contributed by atoms with Crippen LogP contribution in [0.25, 0.3) is 0 Å². The maximum atomic E-state index is 5.77. The van der Waals surface area contributed by atoms with Crippen LogP contribution in [0, 0.1) is 0 Å². The molecule has 0 atom stereocenters. The van der Waals surface area contributed by atoms with E-state index in [4.69, 9.17) is 19.0 Å². The van der Waals surface area contributed by atoms with Gasteiger partial charge in [0.2, 0.25) is 0 Å². The molecular weight excluding hydrogens is 236 g/mol. The zero-order valence-electron chi connectivity index (χ0n) is 11.5. The van der Waals surface area contributed by atoms with Crippen LogP contribution in [0.3, 0.4) is 0 Å². The van der Waals surface area contributed by atoms with Crippen LogP contribution in [-0.4, -0.2) is 41.8 Å². The van der Waals surface area contributed by atoms with E-state index in [-0.39, 0.29) is 0 Å². The number of hydrogen-bond acceptors (Lipinski definition) is 5. The first kappa shape index (κ1) is 17.0. The molecule has 17 heavy (non-hydrogen) atoms. The van der Waals surface area contributed by atoms with Crippen LogP contribution >= 0.6 is 0 Å². The Bertz CT molecular complexity index is 156. The normalized spacial score (nSPS) is 12.0. The molecule has 0 heterocycles. The molecule has 6 heteroatoms. The second-order valence-electron chi connectivity index (χ2n) is 3.64. The molecule has 0 spiro atoms. The van der Waals surface area contributed by atoms with E-state index >= 15 is 0 Å². The Morgan fingerprint density at radius 3 is 1.88 bits per heavy atom. The highest BCUT2D eigenvalue weighted by atomic mass is 28.4. The summed E-state index contributed by atoms with van der Waals surface area (Å²) < 4.78 is 17.3. The van der Waals surface area contributed by atoms with Crippen LogP contribution in [0.5, 0.6) is 0 Å². The Balaban J connectivity index is 4.05. The van der Waals surface area contributed by atoms with Crippen LogP contribution in [0.1, 0.15) is 33.6 Å².